The van der Waals surface area contributed by atoms with Crippen molar-refractivity contribution in [2.75, 3.05) is 10.6 Å². The van der Waals surface area contributed by atoms with Gasteiger partial charge in [0.25, 0.3) is 5.91 Å². The third kappa shape index (κ3) is 4.97. The summed E-state index contributed by atoms with van der Waals surface area (Å²) in [6.45, 7) is 0. The Morgan fingerprint density at radius 2 is 1.89 bits per heavy atom. The van der Waals surface area contributed by atoms with Crippen LogP contribution >= 0.6 is 0 Å². The average Bonchev–Trinajstić information content (AvgIpc) is 3.32. The monoisotopic (exact) mass is 495 g/mol. The lowest BCUT2D eigenvalue weighted by Crippen LogP contribution is -2.45. The normalized spacial score (nSPS) is 22.9. The molecule has 2 saturated carbocycles. The van der Waals surface area contributed by atoms with Crippen LogP contribution in [0.25, 0.3) is 22.4 Å². The molecular weight excluding hydrogens is 466 g/mol. The lowest BCUT2D eigenvalue weighted by atomic mass is 9.65. The second kappa shape index (κ2) is 9.44. The number of aromatic nitrogens is 3. The van der Waals surface area contributed by atoms with Gasteiger partial charge in [0.1, 0.15) is 11.6 Å². The number of anilines is 2. The zero-order valence-electron chi connectivity index (χ0n) is 20.4. The lowest BCUT2D eigenvalue weighted by Gasteiger charge is -2.44. The van der Waals surface area contributed by atoms with Gasteiger partial charge in [-0.05, 0) is 86.2 Å². The molecule has 4 N–H and O–H groups in total. The maximum atomic E-state index is 12.9. The molecule has 188 valence electrons. The first-order valence-corrected chi connectivity index (χ1v) is 12.8. The molecule has 0 saturated heterocycles. The van der Waals surface area contributed by atoms with E-state index in [9.17, 15) is 14.7 Å². The number of carbonyl (C=O) groups excluding carboxylic acids is 2. The average molecular weight is 496 g/mol. The Kier molecular flexibility index (Phi) is 5.96. The topological polar surface area (TPSA) is 120 Å². The SMILES string of the molecule is O=C(Nc1ccccn1)c1ccc2nc(-c3ccc(NC(=O)C4C[C@@H]5CCC[C@@](O)(C4)C5)cc3)[nH]c2c1. The van der Waals surface area contributed by atoms with Crippen LogP contribution in [0.5, 0.6) is 0 Å². The van der Waals surface area contributed by atoms with E-state index in [2.05, 4.69) is 25.6 Å². The highest BCUT2D eigenvalue weighted by Crippen LogP contribution is 2.45. The molecule has 37 heavy (non-hydrogen) atoms. The predicted molar refractivity (Wildman–Crippen MR) is 142 cm³/mol. The maximum Gasteiger partial charge on any atom is 0.256 e. The molecule has 6 rings (SSSR count). The number of H-pyrrole nitrogens is 1. The van der Waals surface area contributed by atoms with Crippen molar-refractivity contribution in [3.63, 3.8) is 0 Å². The van der Waals surface area contributed by atoms with E-state index in [1.54, 1.807) is 30.5 Å². The van der Waals surface area contributed by atoms with Crippen LogP contribution < -0.4 is 10.6 Å². The van der Waals surface area contributed by atoms with Crippen molar-refractivity contribution in [1.82, 2.24) is 15.0 Å². The van der Waals surface area contributed by atoms with Gasteiger partial charge >= 0.3 is 0 Å². The van der Waals surface area contributed by atoms with Gasteiger partial charge in [-0.15, -0.1) is 0 Å². The second-order valence-corrected chi connectivity index (χ2v) is 10.4. The molecule has 0 radical (unpaired) electrons. The largest absolute Gasteiger partial charge is 0.390 e. The Hall–Kier alpha value is -4.04. The Morgan fingerprint density at radius 3 is 2.68 bits per heavy atom. The number of carbonyl (C=O) groups is 2. The number of amides is 2. The Bertz CT molecular complexity index is 1450. The van der Waals surface area contributed by atoms with Crippen LogP contribution in [0.4, 0.5) is 11.5 Å². The summed E-state index contributed by atoms with van der Waals surface area (Å²) in [4.78, 5) is 37.6. The van der Waals surface area contributed by atoms with Gasteiger partial charge in [-0.1, -0.05) is 18.9 Å². The van der Waals surface area contributed by atoms with Crippen molar-refractivity contribution in [3.8, 4) is 11.4 Å². The summed E-state index contributed by atoms with van der Waals surface area (Å²) < 4.78 is 0. The third-order valence-electron chi connectivity index (χ3n) is 7.61. The van der Waals surface area contributed by atoms with Crippen molar-refractivity contribution in [3.05, 3.63) is 72.4 Å². The first-order valence-electron chi connectivity index (χ1n) is 12.8. The van der Waals surface area contributed by atoms with E-state index >= 15 is 0 Å². The number of benzene rings is 2. The summed E-state index contributed by atoms with van der Waals surface area (Å²) in [7, 11) is 0. The Labute approximate surface area is 214 Å². The van der Waals surface area contributed by atoms with Gasteiger partial charge < -0.3 is 20.7 Å². The van der Waals surface area contributed by atoms with Gasteiger partial charge in [0.2, 0.25) is 5.91 Å². The van der Waals surface area contributed by atoms with E-state index < -0.39 is 5.60 Å². The van der Waals surface area contributed by atoms with Gasteiger partial charge in [-0.25, -0.2) is 9.97 Å². The van der Waals surface area contributed by atoms with Crippen LogP contribution in [0.2, 0.25) is 0 Å². The predicted octanol–water partition coefficient (Wildman–Crippen LogP) is 5.15. The molecule has 2 aromatic heterocycles. The summed E-state index contributed by atoms with van der Waals surface area (Å²) in [6.07, 6.45) is 6.82. The molecule has 8 nitrogen and oxygen atoms in total. The van der Waals surface area contributed by atoms with Crippen molar-refractivity contribution in [2.24, 2.45) is 11.8 Å². The van der Waals surface area contributed by atoms with Crippen molar-refractivity contribution in [2.45, 2.75) is 44.1 Å². The number of fused-ring (bicyclic) bond motifs is 3. The number of nitrogens with one attached hydrogen (secondary N) is 3. The lowest BCUT2D eigenvalue weighted by molar-refractivity contribution is -0.129. The van der Waals surface area contributed by atoms with E-state index in [1.165, 1.54) is 0 Å². The number of imidazole rings is 1. The molecule has 0 spiro atoms. The number of aromatic amines is 1. The van der Waals surface area contributed by atoms with Crippen LogP contribution in [-0.2, 0) is 4.79 Å². The summed E-state index contributed by atoms with van der Waals surface area (Å²) in [5, 5.41) is 16.6. The third-order valence-corrected chi connectivity index (χ3v) is 7.61. The molecule has 2 bridgehead atoms. The minimum Gasteiger partial charge on any atom is -0.390 e. The summed E-state index contributed by atoms with van der Waals surface area (Å²) in [5.74, 6) is 1.21. The fraction of sp³-hybridized carbons (Fsp3) is 0.310. The molecule has 2 aromatic carbocycles. The number of hydrogen-bond acceptors (Lipinski definition) is 5. The maximum absolute atomic E-state index is 12.9. The van der Waals surface area contributed by atoms with Crippen LogP contribution in [0.1, 0.15) is 48.9 Å². The van der Waals surface area contributed by atoms with Crippen molar-refractivity contribution < 1.29 is 14.7 Å². The van der Waals surface area contributed by atoms with E-state index in [0.717, 1.165) is 54.4 Å². The molecule has 4 aromatic rings. The molecule has 3 atom stereocenters. The van der Waals surface area contributed by atoms with Gasteiger partial charge in [0.15, 0.2) is 0 Å². The van der Waals surface area contributed by atoms with Crippen LogP contribution in [0, 0.1) is 11.8 Å². The highest BCUT2D eigenvalue weighted by Gasteiger charge is 2.43. The van der Waals surface area contributed by atoms with Crippen LogP contribution in [0.3, 0.4) is 0 Å². The Balaban J connectivity index is 1.13. The fourth-order valence-corrected chi connectivity index (χ4v) is 5.86. The molecule has 2 aliphatic rings. The zero-order valence-corrected chi connectivity index (χ0v) is 20.4. The zero-order chi connectivity index (χ0) is 25.4. The smallest absolute Gasteiger partial charge is 0.256 e. The number of aliphatic hydroxyl groups is 1. The number of pyridine rings is 1. The van der Waals surface area contributed by atoms with E-state index in [1.807, 2.05) is 36.4 Å². The van der Waals surface area contributed by atoms with Crippen LogP contribution in [-0.4, -0.2) is 37.5 Å². The standard InChI is InChI=1S/C29H29N5O3/c35-27(34-25-5-1-2-13-30-25)20-8-11-23-24(15-20)33-26(32-23)19-6-9-22(10-7-19)31-28(36)21-14-18-4-3-12-29(37,16-18)17-21/h1-2,5-11,13,15,18,21,37H,3-4,12,14,16-17H2,(H,31,36)(H,32,33)(H,30,34,35)/t18-,21?,29-/m0/s1. The first kappa shape index (κ1) is 23.4. The van der Waals surface area contributed by atoms with Gasteiger partial charge in [-0.2, -0.15) is 0 Å². The number of hydrogen-bond donors (Lipinski definition) is 4. The first-order chi connectivity index (χ1) is 17.9. The van der Waals surface area contributed by atoms with Gasteiger partial charge in [0.05, 0.1) is 16.6 Å². The quantitative estimate of drug-likeness (QED) is 0.305. The highest BCUT2D eigenvalue weighted by molar-refractivity contribution is 6.05. The van der Waals surface area contributed by atoms with Gasteiger partial charge in [-0.3, -0.25) is 9.59 Å². The van der Waals surface area contributed by atoms with Crippen LogP contribution in [0.15, 0.2) is 66.9 Å². The van der Waals surface area contributed by atoms with E-state index in [-0.39, 0.29) is 17.7 Å². The van der Waals surface area contributed by atoms with Crippen molar-refractivity contribution >= 4 is 34.4 Å². The van der Waals surface area contributed by atoms with E-state index in [0.29, 0.717) is 29.5 Å². The van der Waals surface area contributed by atoms with Crippen molar-refractivity contribution in [1.29, 1.82) is 0 Å². The summed E-state index contributed by atoms with van der Waals surface area (Å²) >= 11 is 0. The molecule has 2 fully saturated rings. The Morgan fingerprint density at radius 1 is 1.03 bits per heavy atom. The molecule has 8 heteroatoms. The summed E-state index contributed by atoms with van der Waals surface area (Å²) in [6, 6.07) is 18.2. The number of rotatable bonds is 5. The second-order valence-electron chi connectivity index (χ2n) is 10.4. The molecule has 2 aliphatic carbocycles. The molecule has 2 amide bonds. The minimum atomic E-state index is -0.673. The summed E-state index contributed by atoms with van der Waals surface area (Å²) in [5.41, 5.74) is 2.93. The van der Waals surface area contributed by atoms with Gasteiger partial charge in [0, 0.05) is 28.9 Å². The van der Waals surface area contributed by atoms with E-state index in [4.69, 9.17) is 0 Å². The fourth-order valence-electron chi connectivity index (χ4n) is 5.86. The highest BCUT2D eigenvalue weighted by atomic mass is 16.3. The minimum absolute atomic E-state index is 0.0157. The molecular formula is C29H29N5O3. The molecule has 1 unspecified atom stereocenters. The molecule has 0 aliphatic heterocycles. The number of nitrogens with zero attached hydrogens (tertiary/aromatic N) is 2. The molecule has 2 heterocycles.